The molecule has 3 aliphatic rings. The number of sulfonamides is 1. The Morgan fingerprint density at radius 1 is 0.900 bits per heavy atom. The Morgan fingerprint density at radius 2 is 1.65 bits per heavy atom. The van der Waals surface area contributed by atoms with E-state index in [1.54, 1.807) is 16.4 Å². The molecule has 7 rings (SSSR count). The maximum absolute atomic E-state index is 14.9. The molecule has 0 aliphatic carbocycles. The van der Waals surface area contributed by atoms with Gasteiger partial charge in [0.25, 0.3) is 0 Å². The number of rotatable bonds is 5. The molecule has 1 atom stereocenters. The number of piperidine rings is 2. The second-order valence-corrected chi connectivity index (χ2v) is 13.3. The molecule has 8 nitrogen and oxygen atoms in total. The van der Waals surface area contributed by atoms with E-state index >= 15 is 0 Å². The molecule has 4 aromatic rings. The van der Waals surface area contributed by atoms with Gasteiger partial charge in [0.15, 0.2) is 0 Å². The molecule has 2 aromatic heterocycles. The average Bonchev–Trinajstić information content (AvgIpc) is 3.70. The zero-order valence-corrected chi connectivity index (χ0v) is 23.3. The predicted octanol–water partition coefficient (Wildman–Crippen LogP) is 4.97. The van der Waals surface area contributed by atoms with Crippen LogP contribution in [-0.4, -0.2) is 64.5 Å². The molecule has 2 aromatic carbocycles. The van der Waals surface area contributed by atoms with Crippen molar-refractivity contribution in [2.75, 3.05) is 37.3 Å². The summed E-state index contributed by atoms with van der Waals surface area (Å²) < 4.78 is 44.3. The fraction of sp³-hybridized carbons (Fsp3) is 0.400. The van der Waals surface area contributed by atoms with Gasteiger partial charge in [0.05, 0.1) is 42.8 Å². The number of halogens is 1. The lowest BCUT2D eigenvalue weighted by Crippen LogP contribution is -2.38. The van der Waals surface area contributed by atoms with E-state index in [2.05, 4.69) is 50.0 Å². The Bertz CT molecular complexity index is 1630. The van der Waals surface area contributed by atoms with Crippen LogP contribution in [0.3, 0.4) is 0 Å². The SMILES string of the molecule is CS(=O)(=O)N1CCC(n2cc(-c3ccc(N4CCC(C5c6c(F)cccc6-c6cncn65)CC4)cc3)cn2)CC1. The molecule has 208 valence electrons. The molecule has 5 heterocycles. The van der Waals surface area contributed by atoms with Gasteiger partial charge in [0, 0.05) is 54.8 Å². The molecular formula is C30H33FN6O2S. The summed E-state index contributed by atoms with van der Waals surface area (Å²) in [7, 11) is -3.13. The Labute approximate surface area is 234 Å². The summed E-state index contributed by atoms with van der Waals surface area (Å²) in [5.74, 6) is 0.240. The van der Waals surface area contributed by atoms with Crippen LogP contribution in [0.4, 0.5) is 10.1 Å². The topological polar surface area (TPSA) is 76.3 Å². The van der Waals surface area contributed by atoms with Crippen LogP contribution < -0.4 is 4.90 Å². The lowest BCUT2D eigenvalue weighted by Gasteiger charge is -2.37. The minimum atomic E-state index is -3.13. The maximum Gasteiger partial charge on any atom is 0.211 e. The number of aromatic nitrogens is 4. The standard InChI is InChI=1S/C30H33FN6O2S/c1-40(38,39)35-15-11-25(12-16-35)37-19-23(17-33-37)21-5-7-24(8-6-21)34-13-9-22(10-14-34)30-29-26(3-2-4-27(29)31)28-18-32-20-36(28)30/h2-8,17-20,22,25,30H,9-16H2,1H3. The summed E-state index contributed by atoms with van der Waals surface area (Å²) in [4.78, 5) is 6.78. The molecule has 3 aliphatic heterocycles. The molecule has 0 N–H and O–H groups in total. The molecule has 10 heteroatoms. The molecule has 1 unspecified atom stereocenters. The molecule has 40 heavy (non-hydrogen) atoms. The highest BCUT2D eigenvalue weighted by atomic mass is 32.2. The van der Waals surface area contributed by atoms with E-state index in [1.807, 2.05) is 29.5 Å². The van der Waals surface area contributed by atoms with Crippen molar-refractivity contribution in [1.29, 1.82) is 0 Å². The molecule has 0 bridgehead atoms. The zero-order valence-electron chi connectivity index (χ0n) is 22.5. The van der Waals surface area contributed by atoms with E-state index < -0.39 is 10.0 Å². The Balaban J connectivity index is 1.00. The van der Waals surface area contributed by atoms with Gasteiger partial charge in [0.2, 0.25) is 10.0 Å². The van der Waals surface area contributed by atoms with Gasteiger partial charge in [0.1, 0.15) is 5.82 Å². The van der Waals surface area contributed by atoms with Crippen molar-refractivity contribution in [3.05, 3.63) is 78.8 Å². The summed E-state index contributed by atoms with van der Waals surface area (Å²) in [5, 5.41) is 4.60. The van der Waals surface area contributed by atoms with E-state index in [9.17, 15) is 12.8 Å². The van der Waals surface area contributed by atoms with Crippen LogP contribution in [0.2, 0.25) is 0 Å². The van der Waals surface area contributed by atoms with Gasteiger partial charge in [-0.1, -0.05) is 24.3 Å². The number of hydrogen-bond donors (Lipinski definition) is 0. The summed E-state index contributed by atoms with van der Waals surface area (Å²) in [5.41, 5.74) is 6.19. The molecule has 0 amide bonds. The van der Waals surface area contributed by atoms with Crippen molar-refractivity contribution in [3.63, 3.8) is 0 Å². The fourth-order valence-corrected chi connectivity index (χ4v) is 7.74. The molecule has 0 spiro atoms. The highest BCUT2D eigenvalue weighted by Crippen LogP contribution is 2.47. The Morgan fingerprint density at radius 3 is 2.38 bits per heavy atom. The molecular weight excluding hydrogens is 527 g/mol. The van der Waals surface area contributed by atoms with Gasteiger partial charge in [-0.25, -0.2) is 22.1 Å². The lowest BCUT2D eigenvalue weighted by molar-refractivity contribution is 0.262. The summed E-state index contributed by atoms with van der Waals surface area (Å²) in [6.45, 7) is 2.93. The third-order valence-corrected chi connectivity index (χ3v) is 10.3. The van der Waals surface area contributed by atoms with Gasteiger partial charge < -0.3 is 9.47 Å². The monoisotopic (exact) mass is 560 g/mol. The van der Waals surface area contributed by atoms with Crippen molar-refractivity contribution in [3.8, 4) is 22.4 Å². The fourth-order valence-electron chi connectivity index (χ4n) is 6.86. The van der Waals surface area contributed by atoms with Gasteiger partial charge in [-0.05, 0) is 55.4 Å². The van der Waals surface area contributed by atoms with Crippen molar-refractivity contribution >= 4 is 15.7 Å². The summed E-state index contributed by atoms with van der Waals surface area (Å²) in [6, 6.07) is 14.2. The molecule has 2 fully saturated rings. The number of benzene rings is 2. The van der Waals surface area contributed by atoms with Crippen LogP contribution in [0, 0.1) is 11.7 Å². The summed E-state index contributed by atoms with van der Waals surface area (Å²) in [6.07, 6.45) is 12.5. The first-order valence-corrected chi connectivity index (χ1v) is 15.9. The van der Waals surface area contributed by atoms with E-state index in [0.717, 1.165) is 66.7 Å². The van der Waals surface area contributed by atoms with Crippen LogP contribution in [0.15, 0.2) is 67.4 Å². The lowest BCUT2D eigenvalue weighted by atomic mass is 9.85. The number of fused-ring (bicyclic) bond motifs is 3. The van der Waals surface area contributed by atoms with Gasteiger partial charge in [-0.2, -0.15) is 5.10 Å². The second kappa shape index (κ2) is 9.85. The molecule has 2 saturated heterocycles. The Kier molecular flexibility index (Phi) is 6.27. The number of imidazole rings is 1. The van der Waals surface area contributed by atoms with Crippen molar-refractivity contribution in [1.82, 2.24) is 23.6 Å². The number of hydrogen-bond acceptors (Lipinski definition) is 5. The highest BCUT2D eigenvalue weighted by Gasteiger charge is 2.38. The van der Waals surface area contributed by atoms with E-state index in [1.165, 1.54) is 11.9 Å². The zero-order chi connectivity index (χ0) is 27.4. The van der Waals surface area contributed by atoms with Crippen molar-refractivity contribution < 1.29 is 12.8 Å². The van der Waals surface area contributed by atoms with Crippen LogP contribution >= 0.6 is 0 Å². The van der Waals surface area contributed by atoms with Gasteiger partial charge in [-0.3, -0.25) is 4.68 Å². The average molecular weight is 561 g/mol. The largest absolute Gasteiger partial charge is 0.372 e. The Hall–Kier alpha value is -3.50. The first-order chi connectivity index (χ1) is 19.4. The van der Waals surface area contributed by atoms with Crippen LogP contribution in [0.5, 0.6) is 0 Å². The first-order valence-electron chi connectivity index (χ1n) is 14.0. The normalized spacial score (nSPS) is 20.6. The maximum atomic E-state index is 14.9. The van der Waals surface area contributed by atoms with E-state index in [4.69, 9.17) is 0 Å². The minimum Gasteiger partial charge on any atom is -0.372 e. The quantitative estimate of drug-likeness (QED) is 0.345. The highest BCUT2D eigenvalue weighted by molar-refractivity contribution is 7.88. The summed E-state index contributed by atoms with van der Waals surface area (Å²) >= 11 is 0. The minimum absolute atomic E-state index is 0.00775. The first kappa shape index (κ1) is 25.5. The van der Waals surface area contributed by atoms with E-state index in [0.29, 0.717) is 19.0 Å². The number of anilines is 1. The molecule has 0 radical (unpaired) electrons. The van der Waals surface area contributed by atoms with Crippen LogP contribution in [-0.2, 0) is 10.0 Å². The van der Waals surface area contributed by atoms with Crippen molar-refractivity contribution in [2.45, 2.75) is 37.8 Å². The predicted molar refractivity (Wildman–Crippen MR) is 153 cm³/mol. The third-order valence-electron chi connectivity index (χ3n) is 9.01. The molecule has 0 saturated carbocycles. The van der Waals surface area contributed by atoms with Crippen LogP contribution in [0.1, 0.15) is 43.3 Å². The van der Waals surface area contributed by atoms with Crippen LogP contribution in [0.25, 0.3) is 22.4 Å². The van der Waals surface area contributed by atoms with Gasteiger partial charge in [-0.15, -0.1) is 0 Å². The van der Waals surface area contributed by atoms with E-state index in [-0.39, 0.29) is 17.9 Å². The van der Waals surface area contributed by atoms with Crippen molar-refractivity contribution in [2.24, 2.45) is 5.92 Å². The van der Waals surface area contributed by atoms with Gasteiger partial charge >= 0.3 is 0 Å². The third kappa shape index (κ3) is 4.43. The number of nitrogens with zero attached hydrogens (tertiary/aromatic N) is 6. The smallest absolute Gasteiger partial charge is 0.211 e. The second-order valence-electron chi connectivity index (χ2n) is 11.3.